The Kier molecular flexibility index (Phi) is 5.46. The van der Waals surface area contributed by atoms with E-state index in [1.807, 2.05) is 0 Å². The molecule has 1 N–H and O–H groups in total. The Hall–Kier alpha value is -2.44. The van der Waals surface area contributed by atoms with Crippen LogP contribution >= 0.6 is 0 Å². The van der Waals surface area contributed by atoms with Crippen molar-refractivity contribution in [3.8, 4) is 0 Å². The second-order valence-corrected chi connectivity index (χ2v) is 5.27. The summed E-state index contributed by atoms with van der Waals surface area (Å²) in [6.07, 6.45) is 4.72. The molecule has 0 bridgehead atoms. The first-order valence-electron chi connectivity index (χ1n) is 7.28. The van der Waals surface area contributed by atoms with Gasteiger partial charge in [-0.05, 0) is 18.9 Å². The fraction of sp³-hybridized carbons (Fsp3) is 0.467. The number of amides is 1. The molecule has 0 unspecified atom stereocenters. The van der Waals surface area contributed by atoms with Gasteiger partial charge in [0, 0.05) is 6.07 Å². The molecule has 1 fully saturated rings. The molecule has 0 aliphatic heterocycles. The molecule has 7 nitrogen and oxygen atoms in total. The normalized spacial score (nSPS) is 15.1. The number of ether oxygens (including phenoxy) is 1. The van der Waals surface area contributed by atoms with Gasteiger partial charge in [-0.3, -0.25) is 19.7 Å². The monoisotopic (exact) mass is 306 g/mol. The molecule has 0 aromatic heterocycles. The molecular formula is C15H18N2O5. The quantitative estimate of drug-likeness (QED) is 0.512. The molecule has 0 heterocycles. The van der Waals surface area contributed by atoms with Crippen molar-refractivity contribution in [3.05, 3.63) is 34.4 Å². The molecular weight excluding hydrogens is 288 g/mol. The Morgan fingerprint density at radius 2 is 1.91 bits per heavy atom. The number of rotatable bonds is 5. The van der Waals surface area contributed by atoms with Crippen LogP contribution in [0.15, 0.2) is 24.3 Å². The molecule has 1 aliphatic carbocycles. The summed E-state index contributed by atoms with van der Waals surface area (Å²) in [5.41, 5.74) is -0.110. The van der Waals surface area contributed by atoms with Crippen molar-refractivity contribution >= 4 is 23.3 Å². The van der Waals surface area contributed by atoms with Crippen LogP contribution in [-0.4, -0.2) is 23.4 Å². The minimum Gasteiger partial charge on any atom is -0.455 e. The third-order valence-corrected chi connectivity index (χ3v) is 3.66. The van der Waals surface area contributed by atoms with E-state index in [9.17, 15) is 19.7 Å². The van der Waals surface area contributed by atoms with Gasteiger partial charge in [0.25, 0.3) is 11.6 Å². The molecule has 0 saturated heterocycles. The molecule has 1 aliphatic rings. The van der Waals surface area contributed by atoms with Crippen molar-refractivity contribution in [1.29, 1.82) is 0 Å². The number of nitrogens with one attached hydrogen (secondary N) is 1. The highest BCUT2D eigenvalue weighted by Gasteiger charge is 2.23. The lowest BCUT2D eigenvalue weighted by Gasteiger charge is -2.19. The van der Waals surface area contributed by atoms with Crippen LogP contribution in [0.5, 0.6) is 0 Å². The third-order valence-electron chi connectivity index (χ3n) is 3.66. The van der Waals surface area contributed by atoms with Crippen LogP contribution in [0.3, 0.4) is 0 Å². The zero-order valence-electron chi connectivity index (χ0n) is 12.1. The highest BCUT2D eigenvalue weighted by atomic mass is 16.6. The summed E-state index contributed by atoms with van der Waals surface area (Å²) in [5.74, 6) is -1.08. The Bertz CT molecular complexity index is 567. The van der Waals surface area contributed by atoms with Crippen LogP contribution in [0.4, 0.5) is 11.4 Å². The maximum absolute atomic E-state index is 11.8. The number of anilines is 1. The number of para-hydroxylation sites is 2. The number of carbonyl (C=O) groups is 2. The number of esters is 1. The van der Waals surface area contributed by atoms with E-state index in [4.69, 9.17) is 4.74 Å². The van der Waals surface area contributed by atoms with Gasteiger partial charge < -0.3 is 10.1 Å². The van der Waals surface area contributed by atoms with E-state index in [2.05, 4.69) is 5.32 Å². The zero-order chi connectivity index (χ0) is 15.9. The average Bonchev–Trinajstić information content (AvgIpc) is 2.53. The van der Waals surface area contributed by atoms with Crippen molar-refractivity contribution in [1.82, 2.24) is 0 Å². The molecule has 0 atom stereocenters. The standard InChI is InChI=1S/C15H18N2O5/c18-14(10-22-15(19)11-6-2-1-3-7-11)16-12-8-4-5-9-13(12)17(20)21/h4-5,8-9,11H,1-3,6-7,10H2,(H,16,18). The van der Waals surface area contributed by atoms with E-state index in [0.717, 1.165) is 32.1 Å². The smallest absolute Gasteiger partial charge is 0.309 e. The van der Waals surface area contributed by atoms with Crippen LogP contribution in [0.1, 0.15) is 32.1 Å². The fourth-order valence-electron chi connectivity index (χ4n) is 2.52. The molecule has 1 aromatic rings. The molecule has 118 valence electrons. The molecule has 0 radical (unpaired) electrons. The first-order valence-corrected chi connectivity index (χ1v) is 7.28. The predicted octanol–water partition coefficient (Wildman–Crippen LogP) is 2.66. The lowest BCUT2D eigenvalue weighted by atomic mass is 9.89. The van der Waals surface area contributed by atoms with Gasteiger partial charge in [0.15, 0.2) is 6.61 Å². The van der Waals surface area contributed by atoms with Crippen molar-refractivity contribution in [3.63, 3.8) is 0 Å². The second-order valence-electron chi connectivity index (χ2n) is 5.27. The average molecular weight is 306 g/mol. The Labute approximate surface area is 127 Å². The molecule has 7 heteroatoms. The van der Waals surface area contributed by atoms with Crippen LogP contribution in [0.2, 0.25) is 0 Å². The topological polar surface area (TPSA) is 98.5 Å². The molecule has 1 amide bonds. The van der Waals surface area contributed by atoms with Crippen LogP contribution in [-0.2, 0) is 14.3 Å². The van der Waals surface area contributed by atoms with Crippen molar-refractivity contribution in [2.75, 3.05) is 11.9 Å². The maximum Gasteiger partial charge on any atom is 0.309 e. The second kappa shape index (κ2) is 7.53. The number of nitro groups is 1. The summed E-state index contributed by atoms with van der Waals surface area (Å²) in [7, 11) is 0. The largest absolute Gasteiger partial charge is 0.455 e. The minimum absolute atomic E-state index is 0.0891. The summed E-state index contributed by atoms with van der Waals surface area (Å²) in [6, 6.07) is 5.82. The van der Waals surface area contributed by atoms with E-state index in [0.29, 0.717) is 0 Å². The molecule has 0 spiro atoms. The summed E-state index contributed by atoms with van der Waals surface area (Å²) in [6.45, 7) is -0.429. The minimum atomic E-state index is -0.585. The lowest BCUT2D eigenvalue weighted by Crippen LogP contribution is -2.26. The van der Waals surface area contributed by atoms with Gasteiger partial charge in [-0.1, -0.05) is 31.4 Å². The fourth-order valence-corrected chi connectivity index (χ4v) is 2.52. The number of hydrogen-bond donors (Lipinski definition) is 1. The Morgan fingerprint density at radius 3 is 2.59 bits per heavy atom. The predicted molar refractivity (Wildman–Crippen MR) is 79.3 cm³/mol. The van der Waals surface area contributed by atoms with Crippen LogP contribution in [0.25, 0.3) is 0 Å². The number of benzene rings is 1. The summed E-state index contributed by atoms with van der Waals surface area (Å²) < 4.78 is 5.00. The highest BCUT2D eigenvalue weighted by Crippen LogP contribution is 2.25. The van der Waals surface area contributed by atoms with Gasteiger partial charge in [-0.25, -0.2) is 0 Å². The van der Waals surface area contributed by atoms with E-state index >= 15 is 0 Å². The Morgan fingerprint density at radius 1 is 1.23 bits per heavy atom. The van der Waals surface area contributed by atoms with E-state index in [1.165, 1.54) is 18.2 Å². The van der Waals surface area contributed by atoms with E-state index < -0.39 is 17.4 Å². The zero-order valence-corrected chi connectivity index (χ0v) is 12.1. The van der Waals surface area contributed by atoms with Gasteiger partial charge >= 0.3 is 5.97 Å². The van der Waals surface area contributed by atoms with Gasteiger partial charge in [-0.2, -0.15) is 0 Å². The summed E-state index contributed by atoms with van der Waals surface area (Å²) >= 11 is 0. The third kappa shape index (κ3) is 4.28. The summed E-state index contributed by atoms with van der Waals surface area (Å²) in [5, 5.41) is 13.2. The lowest BCUT2D eigenvalue weighted by molar-refractivity contribution is -0.383. The van der Waals surface area contributed by atoms with Crippen molar-refractivity contribution in [2.24, 2.45) is 5.92 Å². The van der Waals surface area contributed by atoms with Crippen LogP contribution in [0, 0.1) is 16.0 Å². The Balaban J connectivity index is 1.85. The number of nitro benzene ring substituents is 1. The van der Waals surface area contributed by atoms with Crippen LogP contribution < -0.4 is 5.32 Å². The molecule has 22 heavy (non-hydrogen) atoms. The highest BCUT2D eigenvalue weighted by molar-refractivity contribution is 5.94. The van der Waals surface area contributed by atoms with E-state index in [-0.39, 0.29) is 23.3 Å². The van der Waals surface area contributed by atoms with Gasteiger partial charge in [0.1, 0.15) is 5.69 Å². The van der Waals surface area contributed by atoms with Gasteiger partial charge in [0.05, 0.1) is 10.8 Å². The number of nitrogens with zero attached hydrogens (tertiary/aromatic N) is 1. The first-order chi connectivity index (χ1) is 10.6. The summed E-state index contributed by atoms with van der Waals surface area (Å²) in [4.78, 5) is 33.8. The van der Waals surface area contributed by atoms with Crippen molar-refractivity contribution in [2.45, 2.75) is 32.1 Å². The number of carbonyl (C=O) groups excluding carboxylic acids is 2. The van der Waals surface area contributed by atoms with Crippen molar-refractivity contribution < 1.29 is 19.2 Å². The number of hydrogen-bond acceptors (Lipinski definition) is 5. The van der Waals surface area contributed by atoms with Gasteiger partial charge in [0.2, 0.25) is 0 Å². The molecule has 2 rings (SSSR count). The van der Waals surface area contributed by atoms with Gasteiger partial charge in [-0.15, -0.1) is 0 Å². The molecule has 1 aromatic carbocycles. The van der Waals surface area contributed by atoms with E-state index in [1.54, 1.807) is 6.07 Å². The maximum atomic E-state index is 11.8. The molecule has 1 saturated carbocycles. The first kappa shape index (κ1) is 15.9. The SMILES string of the molecule is O=C(COC(=O)C1CCCCC1)Nc1ccccc1[N+](=O)[O-].